The summed E-state index contributed by atoms with van der Waals surface area (Å²) in [5.74, 6) is 0. The van der Waals surface area contributed by atoms with E-state index in [4.69, 9.17) is 0 Å². The average Bonchev–Trinajstić information content (AvgIpc) is 1.58. The van der Waals surface area contributed by atoms with E-state index in [2.05, 4.69) is 0 Å². The summed E-state index contributed by atoms with van der Waals surface area (Å²) in [4.78, 5) is 0. The van der Waals surface area contributed by atoms with Crippen LogP contribution in [0.2, 0.25) is 0 Å². The van der Waals surface area contributed by atoms with E-state index >= 15 is 0 Å². The second-order valence-corrected chi connectivity index (χ2v) is 3.06. The summed E-state index contributed by atoms with van der Waals surface area (Å²) in [7, 11) is 0. The van der Waals surface area contributed by atoms with Crippen LogP contribution in [0.25, 0.3) is 0 Å². The summed E-state index contributed by atoms with van der Waals surface area (Å²) in [6.07, 6.45) is -11.8. The zero-order valence-electron chi connectivity index (χ0n) is 4.52. The van der Waals surface area contributed by atoms with Gasteiger partial charge in [0, 0.05) is 0 Å². The maximum atomic E-state index is 11.8. The fraction of sp³-hybridized carbons (Fsp3) is 1.00. The largest absolute Gasteiger partial charge is 0.441 e. The Labute approximate surface area is 69.9 Å². The first-order chi connectivity index (χ1) is 4.50. The highest BCUT2D eigenvalue weighted by atomic mass is 127. The number of alkyl halides is 8. The minimum atomic E-state index is -5.92. The minimum Gasteiger partial charge on any atom is -0.212 e. The highest BCUT2D eigenvalue weighted by molar-refractivity contribution is 14.1. The number of rotatable bonds is 0. The first kappa shape index (κ1) is 11.2. The third-order valence-corrected chi connectivity index (χ3v) is 1.94. The Morgan fingerprint density at radius 3 is 0.818 bits per heavy atom. The zero-order valence-corrected chi connectivity index (χ0v) is 6.68. The standard InChI is InChI=1S/C3F7I/c4-1(11,2(5,6)7)3(8,9)10. The van der Waals surface area contributed by atoms with Crippen molar-refractivity contribution < 1.29 is 30.7 Å². The summed E-state index contributed by atoms with van der Waals surface area (Å²) < 4.78 is 74.0. The van der Waals surface area contributed by atoms with Gasteiger partial charge in [-0.2, -0.15) is 26.3 Å². The molecule has 0 nitrogen and oxygen atoms in total. The normalized spacial score (nSPS) is 15.3. The van der Waals surface area contributed by atoms with E-state index in [-0.39, 0.29) is 22.6 Å². The van der Waals surface area contributed by atoms with Crippen LogP contribution < -0.4 is 0 Å². The maximum Gasteiger partial charge on any atom is 0.441 e. The Hall–Kier alpha value is 0.240. The molecule has 0 rings (SSSR count). The molecule has 0 spiro atoms. The van der Waals surface area contributed by atoms with Crippen LogP contribution in [0.3, 0.4) is 0 Å². The zero-order chi connectivity index (χ0) is 9.50. The molecule has 0 aliphatic heterocycles. The van der Waals surface area contributed by atoms with Crippen molar-refractivity contribution in [1.82, 2.24) is 0 Å². The molecule has 8 heteroatoms. The molecule has 0 atom stereocenters. The molecule has 11 heavy (non-hydrogen) atoms. The van der Waals surface area contributed by atoms with Gasteiger partial charge in [0.05, 0.1) is 0 Å². The fourth-order valence-electron chi connectivity index (χ4n) is 0.161. The highest BCUT2D eigenvalue weighted by Crippen LogP contribution is 2.50. The monoisotopic (exact) mass is 296 g/mol. The van der Waals surface area contributed by atoms with Gasteiger partial charge in [-0.1, -0.05) is 0 Å². The van der Waals surface area contributed by atoms with E-state index in [9.17, 15) is 30.7 Å². The molecular formula is C3F7I. The second kappa shape index (κ2) is 2.63. The number of halogens is 8. The van der Waals surface area contributed by atoms with Gasteiger partial charge in [0.15, 0.2) is 0 Å². The van der Waals surface area contributed by atoms with Gasteiger partial charge in [-0.15, -0.1) is 0 Å². The Kier molecular flexibility index (Phi) is 2.69. The van der Waals surface area contributed by atoms with Crippen LogP contribution in [0.4, 0.5) is 30.7 Å². The molecule has 0 aromatic heterocycles. The first-order valence-corrected chi connectivity index (χ1v) is 3.09. The Morgan fingerprint density at radius 1 is 0.636 bits per heavy atom. The molecule has 68 valence electrons. The van der Waals surface area contributed by atoms with Gasteiger partial charge in [0.25, 0.3) is 0 Å². The van der Waals surface area contributed by atoms with Crippen molar-refractivity contribution in [3.8, 4) is 0 Å². The third-order valence-electron chi connectivity index (χ3n) is 0.712. The fourth-order valence-corrected chi connectivity index (χ4v) is 0.161. The van der Waals surface area contributed by atoms with Crippen molar-refractivity contribution in [2.75, 3.05) is 0 Å². The molecule has 0 saturated heterocycles. The van der Waals surface area contributed by atoms with Crippen LogP contribution in [-0.2, 0) is 0 Å². The molecule has 0 saturated carbocycles. The second-order valence-electron chi connectivity index (χ2n) is 1.57. The van der Waals surface area contributed by atoms with Gasteiger partial charge in [-0.05, 0) is 22.6 Å². The van der Waals surface area contributed by atoms with Gasteiger partial charge < -0.3 is 0 Å². The molecule has 0 bridgehead atoms. The van der Waals surface area contributed by atoms with Gasteiger partial charge >= 0.3 is 16.0 Å². The summed E-state index contributed by atoms with van der Waals surface area (Å²) in [5, 5.41) is 0. The molecular weight excluding hydrogens is 296 g/mol. The lowest BCUT2D eigenvalue weighted by molar-refractivity contribution is -0.294. The van der Waals surface area contributed by atoms with Crippen LogP contribution in [0.1, 0.15) is 0 Å². The van der Waals surface area contributed by atoms with Crippen LogP contribution in [0, 0.1) is 0 Å². The molecule has 0 aromatic carbocycles. The quantitative estimate of drug-likeness (QED) is 0.366. The van der Waals surface area contributed by atoms with Crippen molar-refractivity contribution in [2.24, 2.45) is 0 Å². The Morgan fingerprint density at radius 2 is 0.818 bits per heavy atom. The van der Waals surface area contributed by atoms with Crippen molar-refractivity contribution in [3.63, 3.8) is 0 Å². The average molecular weight is 296 g/mol. The van der Waals surface area contributed by atoms with Crippen molar-refractivity contribution in [1.29, 1.82) is 0 Å². The van der Waals surface area contributed by atoms with E-state index in [1.54, 1.807) is 0 Å². The molecule has 0 radical (unpaired) electrons. The topological polar surface area (TPSA) is 0 Å². The Bertz CT molecular complexity index is 125. The molecule has 0 aromatic rings. The van der Waals surface area contributed by atoms with Crippen LogP contribution in [0.15, 0.2) is 0 Å². The molecule has 0 heterocycles. The van der Waals surface area contributed by atoms with E-state index in [1.807, 2.05) is 0 Å². The summed E-state index contributed by atoms with van der Waals surface area (Å²) >= 11 is -0.328. The van der Waals surface area contributed by atoms with E-state index < -0.39 is 16.0 Å². The predicted octanol–water partition coefficient (Wildman–Crippen LogP) is 3.21. The van der Waals surface area contributed by atoms with Gasteiger partial charge in [-0.3, -0.25) is 0 Å². The molecule has 0 fully saturated rings. The highest BCUT2D eigenvalue weighted by Gasteiger charge is 2.71. The third kappa shape index (κ3) is 2.09. The Balaban J connectivity index is 4.75. The van der Waals surface area contributed by atoms with Crippen LogP contribution in [0.5, 0.6) is 0 Å². The molecule has 0 aliphatic rings. The van der Waals surface area contributed by atoms with Gasteiger partial charge in [-0.25, -0.2) is 4.39 Å². The summed E-state index contributed by atoms with van der Waals surface area (Å²) in [5.41, 5.74) is 0. The van der Waals surface area contributed by atoms with Gasteiger partial charge in [0.1, 0.15) is 0 Å². The predicted molar refractivity (Wildman–Crippen MR) is 30.0 cm³/mol. The van der Waals surface area contributed by atoms with E-state index in [0.29, 0.717) is 0 Å². The number of hydrogen-bond acceptors (Lipinski definition) is 0. The van der Waals surface area contributed by atoms with Crippen molar-refractivity contribution >= 4 is 22.6 Å². The van der Waals surface area contributed by atoms with Crippen molar-refractivity contribution in [3.05, 3.63) is 0 Å². The van der Waals surface area contributed by atoms with Gasteiger partial charge in [0.2, 0.25) is 0 Å². The molecule has 0 amide bonds. The van der Waals surface area contributed by atoms with E-state index in [1.165, 1.54) is 0 Å². The lowest BCUT2D eigenvalue weighted by Crippen LogP contribution is -2.47. The lowest BCUT2D eigenvalue weighted by Gasteiger charge is -2.23. The van der Waals surface area contributed by atoms with Crippen molar-refractivity contribution in [2.45, 2.75) is 16.0 Å². The minimum absolute atomic E-state index is 0.328. The van der Waals surface area contributed by atoms with E-state index in [0.717, 1.165) is 0 Å². The maximum absolute atomic E-state index is 11.8. The SMILES string of the molecule is FC(F)(F)C(F)(I)C(F)(F)F. The molecule has 0 aliphatic carbocycles. The van der Waals surface area contributed by atoms with Crippen LogP contribution in [-0.4, -0.2) is 16.0 Å². The summed E-state index contributed by atoms with van der Waals surface area (Å²) in [6, 6.07) is 0. The van der Waals surface area contributed by atoms with Crippen LogP contribution >= 0.6 is 22.6 Å². The number of hydrogen-bond donors (Lipinski definition) is 0. The summed E-state index contributed by atoms with van der Waals surface area (Å²) in [6.45, 7) is 0. The lowest BCUT2D eigenvalue weighted by atomic mass is 10.4. The first-order valence-electron chi connectivity index (χ1n) is 2.01. The molecule has 0 N–H and O–H groups in total. The molecule has 0 unspecified atom stereocenters. The smallest absolute Gasteiger partial charge is 0.212 e.